The summed E-state index contributed by atoms with van der Waals surface area (Å²) in [5.41, 5.74) is -7.90. The van der Waals surface area contributed by atoms with Gasteiger partial charge in [0.2, 0.25) is 0 Å². The molecule has 0 N–H and O–H groups in total. The Bertz CT molecular complexity index is 4660. The van der Waals surface area contributed by atoms with Crippen molar-refractivity contribution in [1.82, 2.24) is 15.0 Å². The lowest BCUT2D eigenvalue weighted by molar-refractivity contribution is 1.07. The van der Waals surface area contributed by atoms with Gasteiger partial charge in [-0.25, -0.2) is 15.0 Å². The smallest absolute Gasteiger partial charge is 0.164 e. The van der Waals surface area contributed by atoms with Gasteiger partial charge in [0.15, 0.2) is 17.5 Å². The minimum absolute atomic E-state index is 0.487. The SMILES string of the molecule is [2H]c1c([2H])c([2H])c(-c2nc(-c3c([2H])c([2H])c([2H])c([2H])c3[2H])nc(-c3c([2H])c([2H])c(-c4c([2H])c([2H])c(-c5c([2H])c([2H])c([2H])c(-c6c([2H])c([2H])c7c8c([2H])c([2H])c([2H])c([2H])c8c8c([2H])c([2H])c([2H])c([2H])c8c7c6[2H])c5[2H])c([2H])c4[2H])c([2H])c3[2H])n2)c([2H])c1[2H]. The third-order valence-corrected chi connectivity index (χ3v) is 7.87. The van der Waals surface area contributed by atoms with E-state index in [1.807, 2.05) is 0 Å². The molecule has 1 aromatic heterocycles. The first kappa shape index (κ1) is 12.4. The van der Waals surface area contributed by atoms with E-state index in [0.717, 1.165) is 0 Å². The molecule has 0 radical (unpaired) electrons. The highest BCUT2D eigenvalue weighted by atomic mass is 15.0. The van der Waals surface area contributed by atoms with E-state index >= 15 is 0 Å². The molecule has 54 heavy (non-hydrogen) atoms. The van der Waals surface area contributed by atoms with Gasteiger partial charge in [0, 0.05) is 16.7 Å². The van der Waals surface area contributed by atoms with Crippen LogP contribution in [-0.4, -0.2) is 15.0 Å². The number of benzene rings is 9. The summed E-state index contributed by atoms with van der Waals surface area (Å²) >= 11 is 0. The molecule has 0 aliphatic heterocycles. The normalized spacial score (nSPS) is 19.9. The molecule has 0 spiro atoms. The highest BCUT2D eigenvalue weighted by Crippen LogP contribution is 2.38. The zero-order valence-electron chi connectivity index (χ0n) is 59.8. The van der Waals surface area contributed by atoms with Crippen LogP contribution in [0.4, 0.5) is 0 Å². The van der Waals surface area contributed by atoms with E-state index in [0.29, 0.717) is 0 Å². The summed E-state index contributed by atoms with van der Waals surface area (Å²) in [6.45, 7) is 0. The Hall–Kier alpha value is -7.23. The van der Waals surface area contributed by atoms with Gasteiger partial charge in [-0.1, -0.05) is 187 Å². The van der Waals surface area contributed by atoms with Crippen molar-refractivity contribution < 1.29 is 45.2 Å². The minimum atomic E-state index is -1.17. The molecular formula is C51H33N3. The van der Waals surface area contributed by atoms with Crippen LogP contribution < -0.4 is 0 Å². The molecule has 252 valence electrons. The molecule has 0 fully saturated rings. The monoisotopic (exact) mass is 720 g/mol. The Morgan fingerprint density at radius 1 is 0.222 bits per heavy atom. The van der Waals surface area contributed by atoms with Crippen molar-refractivity contribution in [3.05, 3.63) is 199 Å². The standard InChI is InChI=1S/C51H33N3/c1-3-12-37(13-4-1)49-52-50(38-14-5-2-6-15-38)54-51(53-49)39-28-26-35(27-29-39)34-22-24-36(25-23-34)40-16-11-17-41(32-40)42-30-31-47-45-20-8-7-18-43(45)44-19-9-10-21-46(44)48(47)33-42/h1-33H/i1D,2D,3D,4D,5D,6D,7D,8D,9D,10D,11D,12D,13D,14D,15D,16D,17D,18D,19D,20D,21D,22D,23D,24D,25D,26D,27D,28D,29D,30D,31D,32D,33D. The van der Waals surface area contributed by atoms with E-state index in [-0.39, 0.29) is 0 Å². The summed E-state index contributed by atoms with van der Waals surface area (Å²) in [5.74, 6) is -2.55. The third kappa shape index (κ3) is 5.78. The van der Waals surface area contributed by atoms with Gasteiger partial charge in [-0.05, 0) is 77.8 Å². The molecule has 3 nitrogen and oxygen atoms in total. The van der Waals surface area contributed by atoms with Crippen LogP contribution in [-0.2, 0) is 0 Å². The lowest BCUT2D eigenvalue weighted by Gasteiger charge is -2.13. The Morgan fingerprint density at radius 2 is 0.519 bits per heavy atom. The zero-order chi connectivity index (χ0) is 64.6. The van der Waals surface area contributed by atoms with Gasteiger partial charge in [-0.15, -0.1) is 0 Å². The van der Waals surface area contributed by atoms with E-state index < -0.39 is 299 Å². The van der Waals surface area contributed by atoms with E-state index in [4.69, 9.17) is 28.8 Å². The van der Waals surface area contributed by atoms with Crippen molar-refractivity contribution in [3.63, 3.8) is 0 Å². The molecule has 9 aromatic carbocycles. The van der Waals surface area contributed by atoms with Crippen molar-refractivity contribution >= 4 is 32.3 Å². The fourth-order valence-corrected chi connectivity index (χ4v) is 5.42. The molecule has 0 aliphatic rings. The molecule has 0 atom stereocenters. The van der Waals surface area contributed by atoms with Crippen molar-refractivity contribution in [2.24, 2.45) is 0 Å². The number of nitrogens with zero attached hydrogens (tertiary/aromatic N) is 3. The molecular weight excluding hydrogens is 655 g/mol. The summed E-state index contributed by atoms with van der Waals surface area (Å²) in [6, 6.07) is -32.1. The lowest BCUT2D eigenvalue weighted by Crippen LogP contribution is -2.00. The van der Waals surface area contributed by atoms with E-state index in [1.165, 1.54) is 0 Å². The van der Waals surface area contributed by atoms with Gasteiger partial charge in [0.1, 0.15) is 0 Å². The number of fused-ring (bicyclic) bond motifs is 6. The third-order valence-electron chi connectivity index (χ3n) is 7.87. The van der Waals surface area contributed by atoms with Gasteiger partial charge in [-0.3, -0.25) is 0 Å². The van der Waals surface area contributed by atoms with Crippen molar-refractivity contribution in [2.45, 2.75) is 0 Å². The molecule has 0 aliphatic carbocycles. The number of aromatic nitrogens is 3. The molecule has 10 aromatic rings. The second-order valence-corrected chi connectivity index (χ2v) is 11.1. The molecule has 1 heterocycles. The molecule has 3 heteroatoms. The molecule has 0 unspecified atom stereocenters. The topological polar surface area (TPSA) is 38.7 Å². The number of hydrogen-bond donors (Lipinski definition) is 0. The first-order chi connectivity index (χ1) is 40.5. The summed E-state index contributed by atoms with van der Waals surface area (Å²) in [7, 11) is 0. The van der Waals surface area contributed by atoms with E-state index in [1.54, 1.807) is 0 Å². The average molecular weight is 721 g/mol. The van der Waals surface area contributed by atoms with Gasteiger partial charge >= 0.3 is 0 Å². The summed E-state index contributed by atoms with van der Waals surface area (Å²) in [6.07, 6.45) is 0. The van der Waals surface area contributed by atoms with Crippen LogP contribution in [0, 0.1) is 0 Å². The first-order valence-electron chi connectivity index (χ1n) is 32.1. The van der Waals surface area contributed by atoms with Gasteiger partial charge < -0.3 is 0 Å². The maximum Gasteiger partial charge on any atom is 0.164 e. The van der Waals surface area contributed by atoms with Crippen LogP contribution in [0.5, 0.6) is 0 Å². The molecule has 0 saturated carbocycles. The van der Waals surface area contributed by atoms with Crippen molar-refractivity contribution in [1.29, 1.82) is 0 Å². The highest BCUT2D eigenvalue weighted by molar-refractivity contribution is 6.25. The first-order valence-corrected chi connectivity index (χ1v) is 15.6. The molecule has 0 bridgehead atoms. The zero-order valence-corrected chi connectivity index (χ0v) is 26.8. The van der Waals surface area contributed by atoms with E-state index in [9.17, 15) is 16.4 Å². The quantitative estimate of drug-likeness (QED) is 0.161. The Kier molecular flexibility index (Phi) is 3.08. The van der Waals surface area contributed by atoms with Crippen LogP contribution in [0.3, 0.4) is 0 Å². The second kappa shape index (κ2) is 13.4. The maximum atomic E-state index is 9.67. The Balaban J connectivity index is 1.23. The fraction of sp³-hybridized carbons (Fsp3) is 0. The van der Waals surface area contributed by atoms with Crippen LogP contribution in [0.15, 0.2) is 199 Å². The summed E-state index contributed by atoms with van der Waals surface area (Å²) in [4.78, 5) is 12.5. The van der Waals surface area contributed by atoms with Gasteiger partial charge in [0.05, 0.1) is 45.2 Å². The minimum Gasteiger partial charge on any atom is -0.208 e. The van der Waals surface area contributed by atoms with Crippen LogP contribution >= 0.6 is 0 Å². The van der Waals surface area contributed by atoms with Crippen molar-refractivity contribution in [3.8, 4) is 67.5 Å². The Labute approximate surface area is 360 Å². The fourth-order valence-electron chi connectivity index (χ4n) is 5.42. The Morgan fingerprint density at radius 3 is 1.00 bits per heavy atom. The van der Waals surface area contributed by atoms with Gasteiger partial charge in [-0.2, -0.15) is 0 Å². The molecule has 0 amide bonds. The molecule has 10 rings (SSSR count). The van der Waals surface area contributed by atoms with Crippen LogP contribution in [0.1, 0.15) is 45.2 Å². The van der Waals surface area contributed by atoms with Crippen LogP contribution in [0.2, 0.25) is 0 Å². The lowest BCUT2D eigenvalue weighted by atomic mass is 9.91. The predicted molar refractivity (Wildman–Crippen MR) is 225 cm³/mol. The predicted octanol–water partition coefficient (Wildman–Crippen LogP) is 13.3. The highest BCUT2D eigenvalue weighted by Gasteiger charge is 2.13. The molecule has 0 saturated heterocycles. The van der Waals surface area contributed by atoms with E-state index in [2.05, 4.69) is 15.0 Å². The second-order valence-electron chi connectivity index (χ2n) is 11.1. The van der Waals surface area contributed by atoms with Gasteiger partial charge in [0.25, 0.3) is 0 Å². The number of rotatable bonds is 6. The summed E-state index contributed by atoms with van der Waals surface area (Å²) < 4.78 is 292. The largest absolute Gasteiger partial charge is 0.208 e. The maximum absolute atomic E-state index is 9.67. The van der Waals surface area contributed by atoms with Crippen LogP contribution in [0.25, 0.3) is 99.9 Å². The number of hydrogen-bond acceptors (Lipinski definition) is 3. The van der Waals surface area contributed by atoms with Crippen molar-refractivity contribution in [2.75, 3.05) is 0 Å². The summed E-state index contributed by atoms with van der Waals surface area (Å²) in [5, 5.41) is -3.31. The average Bonchev–Trinajstić information content (AvgIpc) is 1.01.